The first-order valence-corrected chi connectivity index (χ1v) is 19.0. The number of carboxylic acid groups (broad SMARTS) is 1. The van der Waals surface area contributed by atoms with Crippen LogP contribution in [0, 0.1) is 6.92 Å². The summed E-state index contributed by atoms with van der Waals surface area (Å²) < 4.78 is 31.7. The number of sulfonamides is 1. The topological polar surface area (TPSA) is 98.2 Å². The lowest BCUT2D eigenvalue weighted by Crippen LogP contribution is -2.49. The van der Waals surface area contributed by atoms with Crippen molar-refractivity contribution in [3.8, 4) is 11.1 Å². The molecule has 0 radical (unpaired) electrons. The number of aromatic carboxylic acids is 1. The molecule has 8 nitrogen and oxygen atoms in total. The number of hydrogen-bond donors (Lipinski definition) is 1. The second kappa shape index (κ2) is 14.0. The monoisotopic (exact) mass is 749 g/mol. The van der Waals surface area contributed by atoms with Crippen LogP contribution in [0.5, 0.6) is 0 Å². The largest absolute Gasteiger partial charge is 0.477 e. The van der Waals surface area contributed by atoms with Gasteiger partial charge in [-0.05, 0) is 93.1 Å². The van der Waals surface area contributed by atoms with Crippen LogP contribution in [0.15, 0.2) is 105 Å². The number of thiophene rings is 2. The number of benzene rings is 3. The third-order valence-electron chi connectivity index (χ3n) is 8.13. The first kappa shape index (κ1) is 33.0. The van der Waals surface area contributed by atoms with Gasteiger partial charge in [0, 0.05) is 42.8 Å². The lowest BCUT2D eigenvalue weighted by Gasteiger charge is -2.38. The van der Waals surface area contributed by atoms with Crippen LogP contribution in [0.1, 0.15) is 30.5 Å². The van der Waals surface area contributed by atoms with Crippen molar-refractivity contribution in [1.82, 2.24) is 4.90 Å². The minimum Gasteiger partial charge on any atom is -0.477 e. The molecule has 0 bridgehead atoms. The number of carbonyl (C=O) groups is 2. The summed E-state index contributed by atoms with van der Waals surface area (Å²) in [6.45, 7) is 4.10. The lowest BCUT2D eigenvalue weighted by atomic mass is 10.0. The predicted octanol–water partition coefficient (Wildman–Crippen LogP) is 7.65. The van der Waals surface area contributed by atoms with Gasteiger partial charge in [-0.2, -0.15) is 0 Å². The molecule has 242 valence electrons. The van der Waals surface area contributed by atoms with E-state index in [0.717, 1.165) is 27.1 Å². The van der Waals surface area contributed by atoms with Crippen molar-refractivity contribution in [3.63, 3.8) is 0 Å². The van der Waals surface area contributed by atoms with E-state index in [1.807, 2.05) is 83.9 Å². The van der Waals surface area contributed by atoms with E-state index in [2.05, 4.69) is 20.8 Å². The lowest BCUT2D eigenvalue weighted by molar-refractivity contribution is 0.0701. The molecule has 6 rings (SSSR count). The van der Waals surface area contributed by atoms with Crippen molar-refractivity contribution in [1.29, 1.82) is 0 Å². The van der Waals surface area contributed by atoms with Crippen LogP contribution in [0.25, 0.3) is 11.1 Å². The number of nitrogens with zero attached hydrogens (tertiary/aromatic N) is 3. The van der Waals surface area contributed by atoms with Crippen LogP contribution in [-0.2, 0) is 16.4 Å². The Morgan fingerprint density at radius 2 is 1.55 bits per heavy atom. The van der Waals surface area contributed by atoms with Gasteiger partial charge in [0.1, 0.15) is 9.75 Å². The standard InChI is InChI=1S/C35H32BrN3O5S3/c1-24-21-26(28-12-19-45-32(28)35(41)42)23-27(22-24)47(43,44)39(14-11-25-7-3-2-4-8-25)31-10-6-5-9-30(31)37-15-17-38(18-16-37)34(40)33-29(36)13-20-46-33/h2-10,12-13,19-23H,11,14-18H2,1H3,(H,41,42). The van der Waals surface area contributed by atoms with E-state index in [9.17, 15) is 23.1 Å². The minimum absolute atomic E-state index is 0.0150. The zero-order valence-electron chi connectivity index (χ0n) is 25.5. The molecule has 1 N–H and O–H groups in total. The molecular formula is C35H32BrN3O5S3. The van der Waals surface area contributed by atoms with Crippen LogP contribution in [0.2, 0.25) is 0 Å². The Hall–Kier alpha value is -3.97. The number of amides is 1. The Kier molecular flexibility index (Phi) is 9.83. The summed E-state index contributed by atoms with van der Waals surface area (Å²) in [6, 6.07) is 25.9. The van der Waals surface area contributed by atoms with Crippen LogP contribution in [-0.4, -0.2) is 63.0 Å². The first-order valence-electron chi connectivity index (χ1n) is 15.0. The van der Waals surface area contributed by atoms with Gasteiger partial charge in [-0.3, -0.25) is 9.10 Å². The Balaban J connectivity index is 1.36. The summed E-state index contributed by atoms with van der Waals surface area (Å²) in [5.74, 6) is -1.07. The zero-order chi connectivity index (χ0) is 33.1. The quantitative estimate of drug-likeness (QED) is 0.158. The molecule has 0 saturated carbocycles. The summed E-state index contributed by atoms with van der Waals surface area (Å²) in [7, 11) is -4.12. The summed E-state index contributed by atoms with van der Waals surface area (Å²) >= 11 is 5.99. The van der Waals surface area contributed by atoms with E-state index in [1.165, 1.54) is 15.6 Å². The Morgan fingerprint density at radius 3 is 2.26 bits per heavy atom. The molecule has 12 heteroatoms. The summed E-state index contributed by atoms with van der Waals surface area (Å²) in [5.41, 5.74) is 4.06. The second-order valence-electron chi connectivity index (χ2n) is 11.2. The van der Waals surface area contributed by atoms with Gasteiger partial charge in [0.15, 0.2) is 0 Å². The number of hydrogen-bond acceptors (Lipinski definition) is 7. The van der Waals surface area contributed by atoms with Gasteiger partial charge in [0.05, 0.1) is 16.3 Å². The molecule has 5 aromatic rings. The summed E-state index contributed by atoms with van der Waals surface area (Å²) in [4.78, 5) is 30.0. The summed E-state index contributed by atoms with van der Waals surface area (Å²) in [6.07, 6.45) is 0.485. The summed E-state index contributed by atoms with van der Waals surface area (Å²) in [5, 5.41) is 13.3. The molecule has 3 heterocycles. The smallest absolute Gasteiger partial charge is 0.346 e. The second-order valence-corrected chi connectivity index (χ2v) is 15.7. The van der Waals surface area contributed by atoms with Gasteiger partial charge in [-0.1, -0.05) is 48.5 Å². The normalized spacial score (nSPS) is 13.5. The highest BCUT2D eigenvalue weighted by molar-refractivity contribution is 9.10. The van der Waals surface area contributed by atoms with E-state index in [0.29, 0.717) is 59.9 Å². The molecule has 0 unspecified atom stereocenters. The maximum absolute atomic E-state index is 14.7. The molecule has 0 aliphatic carbocycles. The van der Waals surface area contributed by atoms with Gasteiger partial charge in [0.2, 0.25) is 0 Å². The third-order valence-corrected chi connectivity index (χ3v) is 12.6. The minimum atomic E-state index is -4.12. The van der Waals surface area contributed by atoms with E-state index in [4.69, 9.17) is 0 Å². The average molecular weight is 751 g/mol. The Morgan fingerprint density at radius 1 is 0.872 bits per heavy atom. The number of carbonyl (C=O) groups excluding carboxylic acids is 1. The first-order chi connectivity index (χ1) is 22.6. The number of halogens is 1. The highest BCUT2D eigenvalue weighted by Gasteiger charge is 2.31. The average Bonchev–Trinajstić information content (AvgIpc) is 3.75. The van der Waals surface area contributed by atoms with Gasteiger partial charge < -0.3 is 14.9 Å². The molecule has 1 aliphatic rings. The zero-order valence-corrected chi connectivity index (χ0v) is 29.5. The fourth-order valence-electron chi connectivity index (χ4n) is 5.81. The molecule has 3 aromatic carbocycles. The van der Waals surface area contributed by atoms with Crippen LogP contribution >= 0.6 is 38.6 Å². The fourth-order valence-corrected chi connectivity index (χ4v) is 9.68. The molecule has 1 fully saturated rings. The molecule has 0 spiro atoms. The Labute approximate surface area is 290 Å². The number of para-hydroxylation sites is 2. The van der Waals surface area contributed by atoms with Crippen molar-refractivity contribution in [3.05, 3.63) is 121 Å². The highest BCUT2D eigenvalue weighted by atomic mass is 79.9. The van der Waals surface area contributed by atoms with Gasteiger partial charge in [0.25, 0.3) is 15.9 Å². The van der Waals surface area contributed by atoms with Crippen molar-refractivity contribution in [2.75, 3.05) is 41.9 Å². The molecule has 2 aromatic heterocycles. The van der Waals surface area contributed by atoms with E-state index >= 15 is 0 Å². The van der Waals surface area contributed by atoms with Gasteiger partial charge >= 0.3 is 5.97 Å². The number of aryl methyl sites for hydroxylation is 1. The van der Waals surface area contributed by atoms with Crippen molar-refractivity contribution < 1.29 is 23.1 Å². The predicted molar refractivity (Wildman–Crippen MR) is 193 cm³/mol. The Bertz CT molecular complexity index is 2020. The van der Waals surface area contributed by atoms with Crippen LogP contribution in [0.4, 0.5) is 11.4 Å². The molecule has 47 heavy (non-hydrogen) atoms. The molecule has 1 saturated heterocycles. The number of carboxylic acids is 1. The van der Waals surface area contributed by atoms with Crippen molar-refractivity contribution in [2.45, 2.75) is 18.2 Å². The molecule has 1 aliphatic heterocycles. The van der Waals surface area contributed by atoms with Crippen molar-refractivity contribution >= 4 is 71.9 Å². The van der Waals surface area contributed by atoms with Gasteiger partial charge in [-0.15, -0.1) is 22.7 Å². The van der Waals surface area contributed by atoms with Gasteiger partial charge in [-0.25, -0.2) is 13.2 Å². The van der Waals surface area contributed by atoms with E-state index in [1.54, 1.807) is 23.6 Å². The van der Waals surface area contributed by atoms with E-state index < -0.39 is 16.0 Å². The number of anilines is 2. The fraction of sp³-hybridized carbons (Fsp3) is 0.200. The maximum Gasteiger partial charge on any atom is 0.346 e. The molecular weight excluding hydrogens is 719 g/mol. The van der Waals surface area contributed by atoms with Crippen LogP contribution in [0.3, 0.4) is 0 Å². The number of rotatable bonds is 10. The number of piperazine rings is 1. The highest BCUT2D eigenvalue weighted by Crippen LogP contribution is 2.37. The molecule has 0 atom stereocenters. The third kappa shape index (κ3) is 7.01. The molecule has 1 amide bonds. The SMILES string of the molecule is Cc1cc(-c2ccsc2C(=O)O)cc(S(=O)(=O)N(CCc2ccccc2)c2ccccc2N2CCN(C(=O)c3sccc3Br)CC2)c1. The van der Waals surface area contributed by atoms with Crippen molar-refractivity contribution in [2.24, 2.45) is 0 Å². The maximum atomic E-state index is 14.7. The van der Waals surface area contributed by atoms with Crippen LogP contribution < -0.4 is 9.21 Å². The van der Waals surface area contributed by atoms with E-state index in [-0.39, 0.29) is 22.2 Å².